The van der Waals surface area contributed by atoms with Crippen molar-refractivity contribution in [2.75, 3.05) is 12.4 Å². The molecule has 10 heteroatoms. The number of nitrogens with two attached hydrogens (primary N) is 1. The van der Waals surface area contributed by atoms with Crippen molar-refractivity contribution in [1.29, 1.82) is 5.26 Å². The SMILES string of the molecule is CNC(=O)c1nnc(Nc2cnc(C#N)cn2)cc1OC1CCCCC1N. The fourth-order valence-corrected chi connectivity index (χ4v) is 2.82. The molecule has 2 heterocycles. The zero-order valence-corrected chi connectivity index (χ0v) is 14.8. The van der Waals surface area contributed by atoms with Gasteiger partial charge >= 0.3 is 0 Å². The molecule has 1 aliphatic carbocycles. The summed E-state index contributed by atoms with van der Waals surface area (Å²) in [6, 6.07) is 3.39. The summed E-state index contributed by atoms with van der Waals surface area (Å²) in [6.45, 7) is 0. The van der Waals surface area contributed by atoms with E-state index in [1.807, 2.05) is 6.07 Å². The van der Waals surface area contributed by atoms with Gasteiger partial charge in [-0.1, -0.05) is 6.42 Å². The monoisotopic (exact) mass is 368 g/mol. The van der Waals surface area contributed by atoms with Crippen LogP contribution in [-0.2, 0) is 0 Å². The number of amides is 1. The van der Waals surface area contributed by atoms with Crippen molar-refractivity contribution in [3.05, 3.63) is 29.8 Å². The van der Waals surface area contributed by atoms with Gasteiger partial charge in [0.1, 0.15) is 18.0 Å². The van der Waals surface area contributed by atoms with Crippen molar-refractivity contribution >= 4 is 17.5 Å². The van der Waals surface area contributed by atoms with Crippen LogP contribution in [0.2, 0.25) is 0 Å². The third-order valence-corrected chi connectivity index (χ3v) is 4.26. The van der Waals surface area contributed by atoms with Crippen LogP contribution in [0.15, 0.2) is 18.5 Å². The largest absolute Gasteiger partial charge is 0.486 e. The Hall–Kier alpha value is -3.32. The van der Waals surface area contributed by atoms with E-state index in [1.165, 1.54) is 19.4 Å². The Bertz CT molecular complexity index is 849. The number of rotatable bonds is 5. The molecule has 3 rings (SSSR count). The number of nitrogens with one attached hydrogen (secondary N) is 2. The van der Waals surface area contributed by atoms with Crippen LogP contribution in [0.1, 0.15) is 41.9 Å². The van der Waals surface area contributed by atoms with E-state index < -0.39 is 5.91 Å². The minimum Gasteiger partial charge on any atom is -0.486 e. The fraction of sp³-hybridized carbons (Fsp3) is 0.412. The second kappa shape index (κ2) is 8.37. The van der Waals surface area contributed by atoms with Crippen LogP contribution in [0.25, 0.3) is 0 Å². The van der Waals surface area contributed by atoms with Crippen LogP contribution in [0.4, 0.5) is 11.6 Å². The van der Waals surface area contributed by atoms with E-state index in [9.17, 15) is 4.79 Å². The molecule has 27 heavy (non-hydrogen) atoms. The molecule has 0 bridgehead atoms. The van der Waals surface area contributed by atoms with Gasteiger partial charge in [0.25, 0.3) is 5.91 Å². The quantitative estimate of drug-likeness (QED) is 0.698. The zero-order chi connectivity index (χ0) is 19.2. The van der Waals surface area contributed by atoms with Gasteiger partial charge in [-0.05, 0) is 19.3 Å². The first kappa shape index (κ1) is 18.5. The van der Waals surface area contributed by atoms with Crippen LogP contribution in [-0.4, -0.2) is 45.3 Å². The normalized spacial score (nSPS) is 19.0. The number of hydrogen-bond donors (Lipinski definition) is 3. The number of nitriles is 1. The fourth-order valence-electron chi connectivity index (χ4n) is 2.82. The van der Waals surface area contributed by atoms with Gasteiger partial charge in [-0.25, -0.2) is 9.97 Å². The summed E-state index contributed by atoms with van der Waals surface area (Å²) in [4.78, 5) is 20.1. The third kappa shape index (κ3) is 4.45. The maximum atomic E-state index is 12.1. The summed E-state index contributed by atoms with van der Waals surface area (Å²) < 4.78 is 6.03. The summed E-state index contributed by atoms with van der Waals surface area (Å²) in [5, 5.41) is 22.2. The maximum Gasteiger partial charge on any atom is 0.275 e. The molecule has 1 aliphatic rings. The van der Waals surface area contributed by atoms with Crippen molar-refractivity contribution in [2.45, 2.75) is 37.8 Å². The lowest BCUT2D eigenvalue weighted by molar-refractivity contribution is 0.0936. The number of hydrogen-bond acceptors (Lipinski definition) is 9. The van der Waals surface area contributed by atoms with Gasteiger partial charge in [0.15, 0.2) is 23.0 Å². The predicted molar refractivity (Wildman–Crippen MR) is 96.3 cm³/mol. The molecule has 2 aromatic rings. The second-order valence-electron chi connectivity index (χ2n) is 6.15. The van der Waals surface area contributed by atoms with Gasteiger partial charge in [0, 0.05) is 19.2 Å². The van der Waals surface area contributed by atoms with Crippen molar-refractivity contribution in [3.63, 3.8) is 0 Å². The lowest BCUT2D eigenvalue weighted by atomic mass is 9.93. The van der Waals surface area contributed by atoms with E-state index in [2.05, 4.69) is 30.8 Å². The first-order valence-electron chi connectivity index (χ1n) is 8.62. The van der Waals surface area contributed by atoms with Crippen molar-refractivity contribution in [1.82, 2.24) is 25.5 Å². The summed E-state index contributed by atoms with van der Waals surface area (Å²) in [6.07, 6.45) is 6.36. The minimum absolute atomic E-state index is 0.0896. The van der Waals surface area contributed by atoms with Gasteiger partial charge in [0.05, 0.1) is 12.4 Å². The molecular weight excluding hydrogens is 348 g/mol. The maximum absolute atomic E-state index is 12.1. The van der Waals surface area contributed by atoms with Gasteiger partial charge < -0.3 is 21.1 Å². The van der Waals surface area contributed by atoms with Crippen LogP contribution >= 0.6 is 0 Å². The molecule has 2 unspecified atom stereocenters. The van der Waals surface area contributed by atoms with Gasteiger partial charge in [0.2, 0.25) is 0 Å². The molecule has 0 aromatic carbocycles. The van der Waals surface area contributed by atoms with E-state index in [4.69, 9.17) is 15.7 Å². The highest BCUT2D eigenvalue weighted by atomic mass is 16.5. The Morgan fingerprint density at radius 2 is 2.07 bits per heavy atom. The lowest BCUT2D eigenvalue weighted by Crippen LogP contribution is -2.41. The molecule has 0 radical (unpaired) electrons. The second-order valence-corrected chi connectivity index (χ2v) is 6.15. The first-order valence-corrected chi connectivity index (χ1v) is 8.62. The van der Waals surface area contributed by atoms with Crippen LogP contribution in [0, 0.1) is 11.3 Å². The Kier molecular flexibility index (Phi) is 5.73. The van der Waals surface area contributed by atoms with E-state index in [0.29, 0.717) is 17.4 Å². The molecular formula is C17H20N8O2. The number of nitrogens with zero attached hydrogens (tertiary/aromatic N) is 5. The van der Waals surface area contributed by atoms with E-state index in [-0.39, 0.29) is 23.5 Å². The van der Waals surface area contributed by atoms with E-state index >= 15 is 0 Å². The number of carbonyl (C=O) groups is 1. The molecule has 2 aromatic heterocycles. The molecule has 140 valence electrons. The van der Waals surface area contributed by atoms with Crippen molar-refractivity contribution in [3.8, 4) is 11.8 Å². The molecule has 10 nitrogen and oxygen atoms in total. The molecule has 1 saturated carbocycles. The highest BCUT2D eigenvalue weighted by Gasteiger charge is 2.26. The molecule has 2 atom stereocenters. The number of aromatic nitrogens is 4. The van der Waals surface area contributed by atoms with Crippen molar-refractivity contribution < 1.29 is 9.53 Å². The van der Waals surface area contributed by atoms with Gasteiger partial charge in [-0.2, -0.15) is 5.26 Å². The zero-order valence-electron chi connectivity index (χ0n) is 14.8. The lowest BCUT2D eigenvalue weighted by Gasteiger charge is -2.29. The van der Waals surface area contributed by atoms with Crippen LogP contribution < -0.4 is 21.1 Å². The number of ether oxygens (including phenoxy) is 1. The van der Waals surface area contributed by atoms with Crippen LogP contribution in [0.5, 0.6) is 5.75 Å². The number of carbonyl (C=O) groups excluding carboxylic acids is 1. The summed E-state index contributed by atoms with van der Waals surface area (Å²) in [5.41, 5.74) is 6.45. The Morgan fingerprint density at radius 3 is 2.74 bits per heavy atom. The predicted octanol–water partition coefficient (Wildman–Crippen LogP) is 0.890. The number of anilines is 2. The van der Waals surface area contributed by atoms with Crippen molar-refractivity contribution in [2.24, 2.45) is 5.73 Å². The molecule has 1 fully saturated rings. The Labute approximate surface area is 156 Å². The third-order valence-electron chi connectivity index (χ3n) is 4.26. The first-order chi connectivity index (χ1) is 13.1. The molecule has 4 N–H and O–H groups in total. The molecule has 0 spiro atoms. The van der Waals surface area contributed by atoms with E-state index in [1.54, 1.807) is 6.07 Å². The van der Waals surface area contributed by atoms with Crippen LogP contribution in [0.3, 0.4) is 0 Å². The molecule has 0 aliphatic heterocycles. The average Bonchev–Trinajstić information content (AvgIpc) is 2.70. The molecule has 0 saturated heterocycles. The summed E-state index contributed by atoms with van der Waals surface area (Å²) >= 11 is 0. The van der Waals surface area contributed by atoms with Gasteiger partial charge in [-0.3, -0.25) is 4.79 Å². The highest BCUT2D eigenvalue weighted by Crippen LogP contribution is 2.27. The topological polar surface area (TPSA) is 152 Å². The average molecular weight is 368 g/mol. The Morgan fingerprint density at radius 1 is 1.26 bits per heavy atom. The standard InChI is InChI=1S/C17H20N8O2/c1-20-17(26)16-13(27-12-5-3-2-4-11(12)19)6-14(24-25-16)23-15-9-21-10(7-18)8-22-15/h6,8-9,11-12H,2-5,19H2,1H3,(H,20,26)(H,22,23,24). The Balaban J connectivity index is 1.85. The minimum atomic E-state index is -0.397. The summed E-state index contributed by atoms with van der Waals surface area (Å²) in [5.74, 6) is 0.625. The highest BCUT2D eigenvalue weighted by molar-refractivity contribution is 5.94. The van der Waals surface area contributed by atoms with Gasteiger partial charge in [-0.15, -0.1) is 10.2 Å². The molecule has 1 amide bonds. The van der Waals surface area contributed by atoms with E-state index in [0.717, 1.165) is 25.7 Å². The smallest absolute Gasteiger partial charge is 0.275 e. The summed E-state index contributed by atoms with van der Waals surface area (Å²) in [7, 11) is 1.51.